The number of hydrogen-bond donors (Lipinski definition) is 1. The van der Waals surface area contributed by atoms with Crippen molar-refractivity contribution in [2.45, 2.75) is 161 Å². The second-order valence-electron chi connectivity index (χ2n) is 16.4. The Morgan fingerprint density at radius 1 is 0.607 bits per heavy atom. The van der Waals surface area contributed by atoms with Gasteiger partial charge < -0.3 is 23.6 Å². The molecule has 1 saturated heterocycles. The van der Waals surface area contributed by atoms with Crippen molar-refractivity contribution in [3.63, 3.8) is 0 Å². The summed E-state index contributed by atoms with van der Waals surface area (Å²) in [4.78, 5) is 35.4. The molecule has 0 aliphatic carbocycles. The molecular formula is C50H83NO9P+. The maximum atomic E-state index is 12.7. The molecule has 4 atom stereocenters. The highest BCUT2D eigenvalue weighted by Gasteiger charge is 2.36. The summed E-state index contributed by atoms with van der Waals surface area (Å²) in [5.41, 5.74) is 0. The maximum Gasteiger partial charge on any atom is 0.472 e. The highest BCUT2D eigenvalue weighted by atomic mass is 31.2. The van der Waals surface area contributed by atoms with Crippen molar-refractivity contribution in [1.29, 1.82) is 0 Å². The number of allylic oxidation sites excluding steroid dienone is 14. The molecule has 3 unspecified atom stereocenters. The standard InChI is InChI=1S/C50H82NO9P/c1-6-8-10-12-14-15-16-17-18-19-20-21-22-23-24-25-28-32-36-40-49(52)56-44-46(45-58-61(54,55)57-43-42-51(3,4)5)59-50(53)41-37-33-29-26-27-31-35-39-48-47(60-48)38-34-30-13-11-9-7-2/h8,10,14-15,17-18,20-21,23-24,26,29-31,34-35,46-48H,6-7,9,11-13,16,19,22,25,27-28,32-33,36-45H2,1-5H3/p+1/b10-8-,15-14-,18-17-,21-20-,24-23-,29-26-,34-30-,35-31-/t46-,47?,48?/m1/s1. The van der Waals surface area contributed by atoms with Crippen LogP contribution in [0, 0.1) is 0 Å². The first-order valence-corrected chi connectivity index (χ1v) is 24.6. The monoisotopic (exact) mass is 873 g/mol. The second kappa shape index (κ2) is 37.4. The van der Waals surface area contributed by atoms with E-state index in [1.54, 1.807) is 0 Å². The number of unbranched alkanes of at least 4 members (excludes halogenated alkanes) is 7. The number of rotatable bonds is 39. The Kier molecular flexibility index (Phi) is 34.3. The molecule has 1 heterocycles. The summed E-state index contributed by atoms with van der Waals surface area (Å²) in [5.74, 6) is -0.919. The van der Waals surface area contributed by atoms with E-state index in [0.717, 1.165) is 77.0 Å². The highest BCUT2D eigenvalue weighted by molar-refractivity contribution is 7.47. The van der Waals surface area contributed by atoms with Gasteiger partial charge in [0.05, 0.1) is 40.0 Å². The molecule has 61 heavy (non-hydrogen) atoms. The Labute approximate surface area is 370 Å². The maximum absolute atomic E-state index is 12.7. The molecule has 1 rings (SSSR count). The van der Waals surface area contributed by atoms with E-state index >= 15 is 0 Å². The van der Waals surface area contributed by atoms with Crippen LogP contribution in [-0.2, 0) is 37.4 Å². The number of hydrogen-bond acceptors (Lipinski definition) is 8. The Morgan fingerprint density at radius 2 is 1.10 bits per heavy atom. The van der Waals surface area contributed by atoms with Crippen LogP contribution in [-0.4, -0.2) is 87.1 Å². The fourth-order valence-electron chi connectivity index (χ4n) is 5.78. The molecule has 1 N–H and O–H groups in total. The fourth-order valence-corrected chi connectivity index (χ4v) is 6.52. The smallest absolute Gasteiger partial charge is 0.462 e. The number of carbonyl (C=O) groups excluding carboxylic acids is 2. The number of nitrogens with zero attached hydrogens (tertiary/aromatic N) is 1. The Bertz CT molecular complexity index is 1420. The summed E-state index contributed by atoms with van der Waals surface area (Å²) in [5, 5.41) is 0. The van der Waals surface area contributed by atoms with Crippen LogP contribution in [0.25, 0.3) is 0 Å². The average molecular weight is 873 g/mol. The zero-order valence-corrected chi connectivity index (χ0v) is 39.4. The molecule has 0 aromatic heterocycles. The van der Waals surface area contributed by atoms with E-state index in [9.17, 15) is 19.0 Å². The third-order valence-corrected chi connectivity index (χ3v) is 10.5. The van der Waals surface area contributed by atoms with E-state index in [4.69, 9.17) is 23.3 Å². The molecule has 11 heteroatoms. The summed E-state index contributed by atoms with van der Waals surface area (Å²) in [7, 11) is 1.40. The molecule has 0 aromatic rings. The Hall–Kier alpha value is -3.11. The molecule has 1 aliphatic heterocycles. The zero-order valence-electron chi connectivity index (χ0n) is 38.5. The van der Waals surface area contributed by atoms with Crippen LogP contribution in [0.3, 0.4) is 0 Å². The number of phosphoric acid groups is 1. The molecule has 0 spiro atoms. The van der Waals surface area contributed by atoms with Crippen LogP contribution in [0.1, 0.15) is 142 Å². The van der Waals surface area contributed by atoms with Gasteiger partial charge in [0.2, 0.25) is 0 Å². The lowest BCUT2D eigenvalue weighted by atomic mass is 10.1. The van der Waals surface area contributed by atoms with Crippen molar-refractivity contribution in [2.75, 3.05) is 47.5 Å². The van der Waals surface area contributed by atoms with E-state index in [1.807, 2.05) is 27.2 Å². The molecule has 0 aromatic carbocycles. The first-order valence-electron chi connectivity index (χ1n) is 23.1. The highest BCUT2D eigenvalue weighted by Crippen LogP contribution is 2.43. The summed E-state index contributed by atoms with van der Waals surface area (Å²) < 4.78 is 40.0. The van der Waals surface area contributed by atoms with Crippen LogP contribution >= 0.6 is 7.82 Å². The van der Waals surface area contributed by atoms with E-state index in [0.29, 0.717) is 42.5 Å². The normalized spacial score (nSPS) is 17.7. The number of likely N-dealkylation sites (N-methyl/N-ethyl adjacent to an activating group) is 1. The van der Waals surface area contributed by atoms with Crippen molar-refractivity contribution < 1.29 is 46.8 Å². The second-order valence-corrected chi connectivity index (χ2v) is 17.9. The van der Waals surface area contributed by atoms with Crippen molar-refractivity contribution in [3.05, 3.63) is 97.2 Å². The molecule has 1 fully saturated rings. The third-order valence-electron chi connectivity index (χ3n) is 9.50. The Balaban J connectivity index is 2.34. The van der Waals surface area contributed by atoms with Gasteiger partial charge in [-0.05, 0) is 96.3 Å². The van der Waals surface area contributed by atoms with Crippen molar-refractivity contribution in [3.8, 4) is 0 Å². The van der Waals surface area contributed by atoms with Crippen LogP contribution in [0.2, 0.25) is 0 Å². The van der Waals surface area contributed by atoms with Crippen LogP contribution in [0.5, 0.6) is 0 Å². The van der Waals surface area contributed by atoms with Gasteiger partial charge in [-0.15, -0.1) is 0 Å². The summed E-state index contributed by atoms with van der Waals surface area (Å²) in [6, 6.07) is 0. The van der Waals surface area contributed by atoms with Gasteiger partial charge in [-0.3, -0.25) is 18.6 Å². The number of quaternary nitrogens is 1. The van der Waals surface area contributed by atoms with Crippen LogP contribution in [0.4, 0.5) is 0 Å². The van der Waals surface area contributed by atoms with E-state index in [1.165, 1.54) is 19.3 Å². The van der Waals surface area contributed by atoms with Crippen molar-refractivity contribution in [2.24, 2.45) is 0 Å². The number of epoxide rings is 1. The third kappa shape index (κ3) is 38.3. The first-order chi connectivity index (χ1) is 29.5. The van der Waals surface area contributed by atoms with Crippen LogP contribution < -0.4 is 0 Å². The number of carbonyl (C=O) groups is 2. The van der Waals surface area contributed by atoms with Gasteiger partial charge in [-0.25, -0.2) is 4.57 Å². The van der Waals surface area contributed by atoms with Gasteiger partial charge in [0, 0.05) is 12.8 Å². The molecule has 0 radical (unpaired) electrons. The minimum atomic E-state index is -4.41. The predicted octanol–water partition coefficient (Wildman–Crippen LogP) is 12.3. The first kappa shape index (κ1) is 55.9. The number of esters is 2. The molecule has 1 aliphatic rings. The van der Waals surface area contributed by atoms with Crippen molar-refractivity contribution >= 4 is 19.8 Å². The molecule has 0 saturated carbocycles. The quantitative estimate of drug-likeness (QED) is 0.0161. The SMILES string of the molecule is CC/C=C\C/C=C\C/C=C\C/C=C\C/C=C\CCCCCC(=O)OC[C@H](COP(=O)(O)OCC[N+](C)(C)C)OC(=O)CCC/C=C\C/C=C\CC1OC1C/C=C\CCCCC. The minimum Gasteiger partial charge on any atom is -0.462 e. The summed E-state index contributed by atoms with van der Waals surface area (Å²) in [6.07, 6.45) is 52.1. The lowest BCUT2D eigenvalue weighted by Gasteiger charge is -2.24. The van der Waals surface area contributed by atoms with Gasteiger partial charge in [-0.2, -0.15) is 0 Å². The minimum absolute atomic E-state index is 0.00757. The summed E-state index contributed by atoms with van der Waals surface area (Å²) >= 11 is 0. The molecule has 0 bridgehead atoms. The fraction of sp³-hybridized carbons (Fsp3) is 0.640. The van der Waals surface area contributed by atoms with E-state index in [2.05, 4.69) is 105 Å². The lowest BCUT2D eigenvalue weighted by Crippen LogP contribution is -2.37. The van der Waals surface area contributed by atoms with E-state index < -0.39 is 32.5 Å². The van der Waals surface area contributed by atoms with Gasteiger partial charge >= 0.3 is 19.8 Å². The average Bonchev–Trinajstić information content (AvgIpc) is 3.97. The van der Waals surface area contributed by atoms with Gasteiger partial charge in [0.15, 0.2) is 6.10 Å². The van der Waals surface area contributed by atoms with Crippen LogP contribution in [0.15, 0.2) is 97.2 Å². The largest absolute Gasteiger partial charge is 0.472 e. The van der Waals surface area contributed by atoms with E-state index in [-0.39, 0.29) is 26.1 Å². The lowest BCUT2D eigenvalue weighted by molar-refractivity contribution is -0.870. The molecular weight excluding hydrogens is 790 g/mol. The number of ether oxygens (including phenoxy) is 3. The van der Waals surface area contributed by atoms with Gasteiger partial charge in [-0.1, -0.05) is 130 Å². The number of phosphoric ester groups is 1. The molecule has 10 nitrogen and oxygen atoms in total. The molecule has 0 amide bonds. The van der Waals surface area contributed by atoms with Gasteiger partial charge in [0.25, 0.3) is 0 Å². The Morgan fingerprint density at radius 3 is 1.67 bits per heavy atom. The molecule has 346 valence electrons. The van der Waals surface area contributed by atoms with Crippen molar-refractivity contribution in [1.82, 2.24) is 0 Å². The zero-order chi connectivity index (χ0) is 44.7. The topological polar surface area (TPSA) is 121 Å². The van der Waals surface area contributed by atoms with Gasteiger partial charge in [0.1, 0.15) is 19.8 Å². The summed E-state index contributed by atoms with van der Waals surface area (Å²) in [6.45, 7) is 4.14. The predicted molar refractivity (Wildman–Crippen MR) is 251 cm³/mol.